The topological polar surface area (TPSA) is 66.5 Å². The Morgan fingerprint density at radius 2 is 2.25 bits per heavy atom. The zero-order valence-corrected chi connectivity index (χ0v) is 12.1. The maximum absolute atomic E-state index is 12.2. The Kier molecular flexibility index (Phi) is 5.31. The molecule has 6 heteroatoms. The van der Waals surface area contributed by atoms with Crippen LogP contribution in [0, 0.1) is 0 Å². The minimum atomic E-state index is -0.0943. The van der Waals surface area contributed by atoms with Crippen molar-refractivity contribution in [1.82, 2.24) is 15.2 Å². The van der Waals surface area contributed by atoms with Crippen molar-refractivity contribution in [2.24, 2.45) is 0 Å². The van der Waals surface area contributed by atoms with Crippen molar-refractivity contribution in [2.75, 3.05) is 45.2 Å². The Balaban J connectivity index is 1.89. The molecule has 110 valence electrons. The van der Waals surface area contributed by atoms with E-state index >= 15 is 0 Å². The highest BCUT2D eigenvalue weighted by Crippen LogP contribution is 2.12. The van der Waals surface area contributed by atoms with Gasteiger partial charge in [0.15, 0.2) is 0 Å². The average Bonchev–Trinajstić information content (AvgIpc) is 2.48. The number of amides is 1. The molecular weight excluding hydrogens is 256 g/mol. The van der Waals surface area contributed by atoms with Crippen molar-refractivity contribution in [3.8, 4) is 0 Å². The van der Waals surface area contributed by atoms with E-state index in [-0.39, 0.29) is 11.9 Å². The summed E-state index contributed by atoms with van der Waals surface area (Å²) in [5, 5.41) is 6.02. The predicted molar refractivity (Wildman–Crippen MR) is 78.0 cm³/mol. The fourth-order valence-corrected chi connectivity index (χ4v) is 2.31. The average molecular weight is 278 g/mol. The first-order chi connectivity index (χ1) is 9.70. The minimum Gasteiger partial charge on any atom is -0.387 e. The maximum atomic E-state index is 12.2. The molecule has 1 aromatic heterocycles. The van der Waals surface area contributed by atoms with Crippen LogP contribution in [0.25, 0.3) is 0 Å². The summed E-state index contributed by atoms with van der Waals surface area (Å²) >= 11 is 0. The summed E-state index contributed by atoms with van der Waals surface area (Å²) in [6.45, 7) is 6.25. The van der Waals surface area contributed by atoms with Gasteiger partial charge >= 0.3 is 0 Å². The maximum Gasteiger partial charge on any atom is 0.255 e. The van der Waals surface area contributed by atoms with Gasteiger partial charge in [0.2, 0.25) is 0 Å². The van der Waals surface area contributed by atoms with Crippen LogP contribution in [-0.2, 0) is 4.74 Å². The van der Waals surface area contributed by atoms with E-state index in [2.05, 4.69) is 20.5 Å². The Morgan fingerprint density at radius 1 is 1.50 bits per heavy atom. The Hall–Kier alpha value is -1.66. The molecule has 1 atom stereocenters. The molecule has 1 fully saturated rings. The summed E-state index contributed by atoms with van der Waals surface area (Å²) in [7, 11) is 1.79. The number of hydrogen-bond acceptors (Lipinski definition) is 5. The molecule has 6 nitrogen and oxygen atoms in total. The van der Waals surface area contributed by atoms with E-state index in [1.165, 1.54) is 0 Å². The van der Waals surface area contributed by atoms with E-state index in [1.54, 1.807) is 25.5 Å². The van der Waals surface area contributed by atoms with E-state index in [1.807, 2.05) is 6.92 Å². The number of nitrogens with zero attached hydrogens (tertiary/aromatic N) is 2. The largest absolute Gasteiger partial charge is 0.387 e. The number of hydrogen-bond donors (Lipinski definition) is 2. The van der Waals surface area contributed by atoms with E-state index in [0.717, 1.165) is 38.5 Å². The van der Waals surface area contributed by atoms with Gasteiger partial charge in [-0.05, 0) is 13.0 Å². The molecule has 1 unspecified atom stereocenters. The number of nitrogens with one attached hydrogen (secondary N) is 2. The zero-order chi connectivity index (χ0) is 14.4. The van der Waals surface area contributed by atoms with E-state index in [0.29, 0.717) is 5.56 Å². The van der Waals surface area contributed by atoms with Gasteiger partial charge in [0.1, 0.15) is 0 Å². The van der Waals surface area contributed by atoms with Crippen LogP contribution >= 0.6 is 0 Å². The highest BCUT2D eigenvalue weighted by molar-refractivity contribution is 5.99. The summed E-state index contributed by atoms with van der Waals surface area (Å²) in [5.41, 5.74) is 1.36. The van der Waals surface area contributed by atoms with Crippen LogP contribution < -0.4 is 10.6 Å². The lowest BCUT2D eigenvalue weighted by atomic mass is 10.2. The van der Waals surface area contributed by atoms with Crippen molar-refractivity contribution >= 4 is 11.6 Å². The molecule has 1 amide bonds. The molecule has 0 saturated carbocycles. The molecule has 2 heterocycles. The fourth-order valence-electron chi connectivity index (χ4n) is 2.31. The smallest absolute Gasteiger partial charge is 0.255 e. The number of rotatable bonds is 5. The number of carbonyl (C=O) groups excluding carboxylic acids is 1. The van der Waals surface area contributed by atoms with Crippen LogP contribution in [0.4, 0.5) is 5.69 Å². The highest BCUT2D eigenvalue weighted by Gasteiger charge is 2.17. The first-order valence-corrected chi connectivity index (χ1v) is 6.93. The summed E-state index contributed by atoms with van der Waals surface area (Å²) in [5.74, 6) is -0.0943. The van der Waals surface area contributed by atoms with Gasteiger partial charge in [-0.3, -0.25) is 14.7 Å². The molecule has 0 aliphatic carbocycles. The van der Waals surface area contributed by atoms with Crippen molar-refractivity contribution in [2.45, 2.75) is 13.0 Å². The Bertz CT molecular complexity index is 447. The summed E-state index contributed by atoms with van der Waals surface area (Å²) in [6.07, 6.45) is 3.25. The lowest BCUT2D eigenvalue weighted by Gasteiger charge is -2.29. The third kappa shape index (κ3) is 3.91. The van der Waals surface area contributed by atoms with Crippen LogP contribution in [0.5, 0.6) is 0 Å². The van der Waals surface area contributed by atoms with Crippen LogP contribution in [0.2, 0.25) is 0 Å². The number of morpholine rings is 1. The number of aromatic nitrogens is 1. The first-order valence-electron chi connectivity index (χ1n) is 6.93. The SMILES string of the molecule is CNc1ccncc1C(=O)NC(C)CN1CCOCC1. The molecule has 2 N–H and O–H groups in total. The Morgan fingerprint density at radius 3 is 2.95 bits per heavy atom. The molecule has 1 aromatic rings. The fraction of sp³-hybridized carbons (Fsp3) is 0.571. The van der Waals surface area contributed by atoms with Gasteiger partial charge in [-0.15, -0.1) is 0 Å². The quantitative estimate of drug-likeness (QED) is 0.824. The molecule has 1 saturated heterocycles. The van der Waals surface area contributed by atoms with Crippen LogP contribution in [0.3, 0.4) is 0 Å². The molecule has 0 bridgehead atoms. The lowest BCUT2D eigenvalue weighted by molar-refractivity contribution is 0.0342. The highest BCUT2D eigenvalue weighted by atomic mass is 16.5. The summed E-state index contributed by atoms with van der Waals surface area (Å²) in [4.78, 5) is 18.6. The molecule has 20 heavy (non-hydrogen) atoms. The molecule has 1 aliphatic rings. The van der Waals surface area contributed by atoms with Crippen molar-refractivity contribution in [3.63, 3.8) is 0 Å². The standard InChI is InChI=1S/C14H22N4O2/c1-11(10-18-5-7-20-8-6-18)17-14(19)12-9-16-4-3-13(12)15-2/h3-4,9,11H,5-8,10H2,1-2H3,(H,15,16)(H,17,19). The van der Waals surface area contributed by atoms with Gasteiger partial charge in [-0.25, -0.2) is 0 Å². The number of anilines is 1. The van der Waals surface area contributed by atoms with Crippen LogP contribution in [-0.4, -0.2) is 61.7 Å². The van der Waals surface area contributed by atoms with Crippen LogP contribution in [0.15, 0.2) is 18.5 Å². The van der Waals surface area contributed by atoms with Gasteiger partial charge in [0.25, 0.3) is 5.91 Å². The first kappa shape index (κ1) is 14.7. The third-order valence-corrected chi connectivity index (χ3v) is 3.35. The van der Waals surface area contributed by atoms with Gasteiger partial charge in [0.05, 0.1) is 18.8 Å². The molecule has 0 radical (unpaired) electrons. The second-order valence-corrected chi connectivity index (χ2v) is 4.96. The van der Waals surface area contributed by atoms with Gasteiger partial charge in [0, 0.05) is 50.8 Å². The zero-order valence-electron chi connectivity index (χ0n) is 12.1. The molecule has 0 spiro atoms. The van der Waals surface area contributed by atoms with E-state index in [9.17, 15) is 4.79 Å². The Labute approximate surface area is 119 Å². The number of pyridine rings is 1. The van der Waals surface area contributed by atoms with Crippen molar-refractivity contribution in [1.29, 1.82) is 0 Å². The predicted octanol–water partition coefficient (Wildman–Crippen LogP) is 0.574. The van der Waals surface area contributed by atoms with Crippen molar-refractivity contribution < 1.29 is 9.53 Å². The minimum absolute atomic E-state index is 0.0884. The van der Waals surface area contributed by atoms with E-state index < -0.39 is 0 Å². The second-order valence-electron chi connectivity index (χ2n) is 4.96. The molecule has 0 aromatic carbocycles. The number of carbonyl (C=O) groups is 1. The number of ether oxygens (including phenoxy) is 1. The summed E-state index contributed by atoms with van der Waals surface area (Å²) < 4.78 is 5.32. The third-order valence-electron chi connectivity index (χ3n) is 3.35. The normalized spacial score (nSPS) is 17.5. The molecular formula is C14H22N4O2. The molecule has 2 rings (SSSR count). The molecule has 1 aliphatic heterocycles. The lowest BCUT2D eigenvalue weighted by Crippen LogP contribution is -2.46. The van der Waals surface area contributed by atoms with Crippen molar-refractivity contribution in [3.05, 3.63) is 24.0 Å². The van der Waals surface area contributed by atoms with Crippen LogP contribution in [0.1, 0.15) is 17.3 Å². The van der Waals surface area contributed by atoms with Gasteiger partial charge < -0.3 is 15.4 Å². The monoisotopic (exact) mass is 278 g/mol. The van der Waals surface area contributed by atoms with Gasteiger partial charge in [-0.2, -0.15) is 0 Å². The van der Waals surface area contributed by atoms with E-state index in [4.69, 9.17) is 4.74 Å². The van der Waals surface area contributed by atoms with Gasteiger partial charge in [-0.1, -0.05) is 0 Å². The second kappa shape index (κ2) is 7.21. The summed E-state index contributed by atoms with van der Waals surface area (Å²) in [6, 6.07) is 1.88.